The maximum Gasteiger partial charge on any atom is 0.228 e. The van der Waals surface area contributed by atoms with Crippen molar-refractivity contribution in [2.24, 2.45) is 5.92 Å². The minimum absolute atomic E-state index is 0.0309. The van der Waals surface area contributed by atoms with Crippen molar-refractivity contribution in [3.05, 3.63) is 35.9 Å². The zero-order valence-electron chi connectivity index (χ0n) is 9.47. The third-order valence-electron chi connectivity index (χ3n) is 3.32. The van der Waals surface area contributed by atoms with E-state index in [1.807, 2.05) is 42.2 Å². The van der Waals surface area contributed by atoms with Gasteiger partial charge in [0, 0.05) is 6.54 Å². The molecule has 1 N–H and O–H groups in total. The molecule has 0 saturated carbocycles. The lowest BCUT2D eigenvalue weighted by molar-refractivity contribution is -0.133. The first-order chi connectivity index (χ1) is 7.74. The zero-order chi connectivity index (χ0) is 11.5. The summed E-state index contributed by atoms with van der Waals surface area (Å²) in [4.78, 5) is 13.8. The van der Waals surface area contributed by atoms with Gasteiger partial charge in [0.05, 0.1) is 18.6 Å². The average Bonchev–Trinajstić information content (AvgIpc) is 2.70. The second kappa shape index (κ2) is 4.66. The van der Waals surface area contributed by atoms with Crippen LogP contribution < -0.4 is 0 Å². The minimum atomic E-state index is -0.189. The van der Waals surface area contributed by atoms with Crippen LogP contribution in [-0.4, -0.2) is 29.1 Å². The van der Waals surface area contributed by atoms with E-state index in [9.17, 15) is 4.79 Å². The summed E-state index contributed by atoms with van der Waals surface area (Å²) in [5.41, 5.74) is 1.15. The van der Waals surface area contributed by atoms with Crippen LogP contribution in [0.5, 0.6) is 0 Å². The van der Waals surface area contributed by atoms with Gasteiger partial charge in [0.2, 0.25) is 5.91 Å². The van der Waals surface area contributed by atoms with Crippen molar-refractivity contribution in [2.45, 2.75) is 19.4 Å². The molecule has 1 amide bonds. The highest BCUT2D eigenvalue weighted by Crippen LogP contribution is 2.27. The summed E-state index contributed by atoms with van der Waals surface area (Å²) in [6, 6.07) is 10.1. The van der Waals surface area contributed by atoms with Gasteiger partial charge in [-0.1, -0.05) is 30.3 Å². The van der Waals surface area contributed by atoms with Crippen molar-refractivity contribution < 1.29 is 9.90 Å². The number of amides is 1. The molecule has 1 heterocycles. The third-order valence-corrected chi connectivity index (χ3v) is 3.32. The molecule has 86 valence electrons. The third kappa shape index (κ3) is 1.95. The first kappa shape index (κ1) is 11.1. The van der Waals surface area contributed by atoms with E-state index in [0.29, 0.717) is 0 Å². The van der Waals surface area contributed by atoms with Crippen molar-refractivity contribution >= 4 is 5.91 Å². The predicted molar refractivity (Wildman–Crippen MR) is 61.8 cm³/mol. The maximum absolute atomic E-state index is 11.9. The summed E-state index contributed by atoms with van der Waals surface area (Å²) < 4.78 is 0. The van der Waals surface area contributed by atoms with Crippen LogP contribution in [0.15, 0.2) is 30.3 Å². The molecule has 3 nitrogen and oxygen atoms in total. The quantitative estimate of drug-likeness (QED) is 0.838. The Hall–Kier alpha value is -1.35. The highest BCUT2D eigenvalue weighted by molar-refractivity contribution is 5.81. The Morgan fingerprint density at radius 1 is 1.44 bits per heavy atom. The standard InChI is InChI=1S/C13H17NO2/c1-10(11-5-3-2-4-6-11)14-8-7-12(9-15)13(14)16/h2-6,10,12,15H,7-9H2,1H3/t10-,12+/m1/s1. The van der Waals surface area contributed by atoms with Gasteiger partial charge in [-0.2, -0.15) is 0 Å². The first-order valence-corrected chi connectivity index (χ1v) is 5.70. The molecule has 1 fully saturated rings. The molecule has 1 aliphatic heterocycles. The molecular weight excluding hydrogens is 202 g/mol. The van der Waals surface area contributed by atoms with Gasteiger partial charge >= 0.3 is 0 Å². The van der Waals surface area contributed by atoms with E-state index in [0.717, 1.165) is 18.5 Å². The lowest BCUT2D eigenvalue weighted by Gasteiger charge is -2.25. The topological polar surface area (TPSA) is 40.5 Å². The molecule has 0 unspecified atom stereocenters. The molecule has 1 aromatic rings. The molecule has 1 aliphatic rings. The molecule has 0 aliphatic carbocycles. The summed E-state index contributed by atoms with van der Waals surface area (Å²) in [5.74, 6) is -0.106. The fraction of sp³-hybridized carbons (Fsp3) is 0.462. The van der Waals surface area contributed by atoms with Gasteiger partial charge in [-0.25, -0.2) is 0 Å². The van der Waals surface area contributed by atoms with Crippen LogP contribution in [0, 0.1) is 5.92 Å². The van der Waals surface area contributed by atoms with Gasteiger partial charge in [0.1, 0.15) is 0 Å². The molecular formula is C13H17NO2. The first-order valence-electron chi connectivity index (χ1n) is 5.70. The van der Waals surface area contributed by atoms with Gasteiger partial charge < -0.3 is 10.0 Å². The molecule has 0 spiro atoms. The second-order valence-electron chi connectivity index (χ2n) is 4.29. The maximum atomic E-state index is 11.9. The van der Waals surface area contributed by atoms with Crippen LogP contribution in [0.4, 0.5) is 0 Å². The van der Waals surface area contributed by atoms with E-state index in [1.165, 1.54) is 0 Å². The number of hydrogen-bond donors (Lipinski definition) is 1. The van der Waals surface area contributed by atoms with E-state index < -0.39 is 0 Å². The van der Waals surface area contributed by atoms with E-state index in [4.69, 9.17) is 5.11 Å². The van der Waals surface area contributed by atoms with Crippen molar-refractivity contribution in [1.82, 2.24) is 4.90 Å². The Balaban J connectivity index is 2.12. The Bertz CT molecular complexity index is 363. The minimum Gasteiger partial charge on any atom is -0.396 e. The number of rotatable bonds is 3. The highest BCUT2D eigenvalue weighted by atomic mass is 16.3. The monoisotopic (exact) mass is 219 g/mol. The summed E-state index contributed by atoms with van der Waals surface area (Å²) in [6.45, 7) is 2.75. The number of nitrogens with zero attached hydrogens (tertiary/aromatic N) is 1. The number of hydrogen-bond acceptors (Lipinski definition) is 2. The Kier molecular flexibility index (Phi) is 3.25. The summed E-state index contributed by atoms with van der Waals surface area (Å²) in [7, 11) is 0. The fourth-order valence-corrected chi connectivity index (χ4v) is 2.23. The van der Waals surface area contributed by atoms with Crippen LogP contribution in [0.2, 0.25) is 0 Å². The number of benzene rings is 1. The molecule has 16 heavy (non-hydrogen) atoms. The Morgan fingerprint density at radius 2 is 2.12 bits per heavy atom. The second-order valence-corrected chi connectivity index (χ2v) is 4.29. The number of aliphatic hydroxyl groups excluding tert-OH is 1. The smallest absolute Gasteiger partial charge is 0.228 e. The van der Waals surface area contributed by atoms with Crippen LogP contribution in [-0.2, 0) is 4.79 Å². The normalized spacial score (nSPS) is 22.5. The van der Waals surface area contributed by atoms with Crippen molar-refractivity contribution in [2.75, 3.05) is 13.2 Å². The van der Waals surface area contributed by atoms with E-state index in [1.54, 1.807) is 0 Å². The molecule has 2 atom stereocenters. The van der Waals surface area contributed by atoms with Gasteiger partial charge in [0.25, 0.3) is 0 Å². The van der Waals surface area contributed by atoms with Crippen molar-refractivity contribution in [3.8, 4) is 0 Å². The molecule has 0 aromatic heterocycles. The summed E-state index contributed by atoms with van der Waals surface area (Å²) in [5, 5.41) is 9.06. The predicted octanol–water partition coefficient (Wildman–Crippen LogP) is 1.59. The average molecular weight is 219 g/mol. The van der Waals surface area contributed by atoms with Gasteiger partial charge in [0.15, 0.2) is 0 Å². The number of likely N-dealkylation sites (tertiary alicyclic amines) is 1. The lowest BCUT2D eigenvalue weighted by atomic mass is 10.1. The lowest BCUT2D eigenvalue weighted by Crippen LogP contribution is -2.31. The van der Waals surface area contributed by atoms with Gasteiger partial charge in [-0.05, 0) is 18.9 Å². The van der Waals surface area contributed by atoms with Crippen LogP contribution in [0.25, 0.3) is 0 Å². The van der Waals surface area contributed by atoms with Crippen LogP contribution >= 0.6 is 0 Å². The SMILES string of the molecule is C[C@H](c1ccccc1)N1CC[C@@H](CO)C1=O. The number of carbonyl (C=O) groups is 1. The Morgan fingerprint density at radius 3 is 2.69 bits per heavy atom. The zero-order valence-corrected chi connectivity index (χ0v) is 9.47. The molecule has 0 radical (unpaired) electrons. The molecule has 1 aromatic carbocycles. The summed E-state index contributed by atoms with van der Waals surface area (Å²) >= 11 is 0. The highest BCUT2D eigenvalue weighted by Gasteiger charge is 2.33. The van der Waals surface area contributed by atoms with Gasteiger partial charge in [-0.3, -0.25) is 4.79 Å². The van der Waals surface area contributed by atoms with Crippen molar-refractivity contribution in [3.63, 3.8) is 0 Å². The van der Waals surface area contributed by atoms with E-state index in [2.05, 4.69) is 0 Å². The van der Waals surface area contributed by atoms with Gasteiger partial charge in [-0.15, -0.1) is 0 Å². The molecule has 0 bridgehead atoms. The van der Waals surface area contributed by atoms with Crippen LogP contribution in [0.1, 0.15) is 24.9 Å². The van der Waals surface area contributed by atoms with E-state index in [-0.39, 0.29) is 24.5 Å². The fourth-order valence-electron chi connectivity index (χ4n) is 2.23. The Labute approximate surface area is 95.7 Å². The molecule has 2 rings (SSSR count). The molecule has 1 saturated heterocycles. The van der Waals surface area contributed by atoms with Crippen molar-refractivity contribution in [1.29, 1.82) is 0 Å². The largest absolute Gasteiger partial charge is 0.396 e. The number of carbonyl (C=O) groups excluding carboxylic acids is 1. The van der Waals surface area contributed by atoms with Crippen LogP contribution in [0.3, 0.4) is 0 Å². The molecule has 3 heteroatoms. The number of aliphatic hydroxyl groups is 1. The van der Waals surface area contributed by atoms with E-state index >= 15 is 0 Å². The summed E-state index contributed by atoms with van der Waals surface area (Å²) in [6.07, 6.45) is 0.770.